The highest BCUT2D eigenvalue weighted by Gasteiger charge is 2.11. The summed E-state index contributed by atoms with van der Waals surface area (Å²) >= 11 is 1.57. The van der Waals surface area contributed by atoms with Crippen LogP contribution in [-0.2, 0) is 0 Å². The Hall–Kier alpha value is -1.13. The standard InChI is InChI=1S/C11H13NO2S/c1-7(6-13)10-5-12-11(15-10)9-4-3-8(2)14-9/h3-5,7,13H,6H2,1-2H3. The van der Waals surface area contributed by atoms with Gasteiger partial charge in [-0.3, -0.25) is 0 Å². The fraction of sp³-hybridized carbons (Fsp3) is 0.364. The normalized spacial score (nSPS) is 13.0. The van der Waals surface area contributed by atoms with Crippen LogP contribution in [0.1, 0.15) is 23.5 Å². The smallest absolute Gasteiger partial charge is 0.162 e. The van der Waals surface area contributed by atoms with Crippen LogP contribution in [0.5, 0.6) is 0 Å². The summed E-state index contributed by atoms with van der Waals surface area (Å²) in [7, 11) is 0. The van der Waals surface area contributed by atoms with E-state index in [-0.39, 0.29) is 12.5 Å². The third kappa shape index (κ3) is 2.11. The molecule has 0 radical (unpaired) electrons. The van der Waals surface area contributed by atoms with Gasteiger partial charge in [-0.25, -0.2) is 4.98 Å². The predicted octanol–water partition coefficient (Wildman–Crippen LogP) is 2.81. The summed E-state index contributed by atoms with van der Waals surface area (Å²) in [4.78, 5) is 5.37. The average molecular weight is 223 g/mol. The summed E-state index contributed by atoms with van der Waals surface area (Å²) in [5, 5.41) is 9.90. The van der Waals surface area contributed by atoms with E-state index in [1.165, 1.54) is 0 Å². The van der Waals surface area contributed by atoms with Crippen molar-refractivity contribution < 1.29 is 9.52 Å². The van der Waals surface area contributed by atoms with Crippen LogP contribution >= 0.6 is 11.3 Å². The quantitative estimate of drug-likeness (QED) is 0.870. The number of aromatic nitrogens is 1. The second-order valence-corrected chi connectivity index (χ2v) is 4.62. The summed E-state index contributed by atoms with van der Waals surface area (Å²) in [6.07, 6.45) is 1.80. The van der Waals surface area contributed by atoms with Crippen molar-refractivity contribution in [3.63, 3.8) is 0 Å². The zero-order valence-corrected chi connectivity index (χ0v) is 9.54. The topological polar surface area (TPSA) is 46.3 Å². The van der Waals surface area contributed by atoms with Gasteiger partial charge in [0.2, 0.25) is 0 Å². The third-order valence-electron chi connectivity index (χ3n) is 2.23. The Balaban J connectivity index is 2.27. The van der Waals surface area contributed by atoms with E-state index in [0.29, 0.717) is 0 Å². The second kappa shape index (κ2) is 4.16. The lowest BCUT2D eigenvalue weighted by atomic mass is 10.2. The molecule has 0 amide bonds. The summed E-state index contributed by atoms with van der Waals surface area (Å²) < 4.78 is 5.48. The van der Waals surface area contributed by atoms with Crippen molar-refractivity contribution in [2.45, 2.75) is 19.8 Å². The molecule has 0 aliphatic heterocycles. The van der Waals surface area contributed by atoms with Gasteiger partial charge in [-0.15, -0.1) is 11.3 Å². The second-order valence-electron chi connectivity index (χ2n) is 3.56. The molecule has 1 atom stereocenters. The van der Waals surface area contributed by atoms with Crippen LogP contribution in [-0.4, -0.2) is 16.7 Å². The van der Waals surface area contributed by atoms with Crippen LogP contribution in [0.25, 0.3) is 10.8 Å². The number of thiazole rings is 1. The van der Waals surface area contributed by atoms with Gasteiger partial charge in [0.1, 0.15) is 5.76 Å². The molecule has 2 heterocycles. The van der Waals surface area contributed by atoms with Crippen molar-refractivity contribution in [1.29, 1.82) is 0 Å². The van der Waals surface area contributed by atoms with Crippen molar-refractivity contribution in [2.75, 3.05) is 6.61 Å². The van der Waals surface area contributed by atoms with Crippen molar-refractivity contribution in [1.82, 2.24) is 4.98 Å². The third-order valence-corrected chi connectivity index (χ3v) is 3.48. The lowest BCUT2D eigenvalue weighted by molar-refractivity contribution is 0.274. The monoisotopic (exact) mass is 223 g/mol. The first-order valence-electron chi connectivity index (χ1n) is 4.84. The van der Waals surface area contributed by atoms with Gasteiger partial charge in [0.15, 0.2) is 10.8 Å². The van der Waals surface area contributed by atoms with Gasteiger partial charge in [-0.2, -0.15) is 0 Å². The highest BCUT2D eigenvalue weighted by Crippen LogP contribution is 2.30. The number of hydrogen-bond donors (Lipinski definition) is 1. The summed E-state index contributed by atoms with van der Waals surface area (Å²) in [6.45, 7) is 4.04. The van der Waals surface area contributed by atoms with E-state index in [4.69, 9.17) is 9.52 Å². The van der Waals surface area contributed by atoms with E-state index in [1.54, 1.807) is 17.5 Å². The van der Waals surface area contributed by atoms with Gasteiger partial charge in [0.25, 0.3) is 0 Å². The summed E-state index contributed by atoms with van der Waals surface area (Å²) in [5.74, 6) is 1.83. The Bertz CT molecular complexity index is 447. The highest BCUT2D eigenvalue weighted by molar-refractivity contribution is 7.15. The van der Waals surface area contributed by atoms with Crippen molar-refractivity contribution >= 4 is 11.3 Å². The fourth-order valence-corrected chi connectivity index (χ4v) is 2.19. The van der Waals surface area contributed by atoms with E-state index >= 15 is 0 Å². The first-order chi connectivity index (χ1) is 7.20. The minimum absolute atomic E-state index is 0.146. The van der Waals surface area contributed by atoms with Gasteiger partial charge in [0, 0.05) is 17.0 Å². The molecule has 0 saturated carbocycles. The molecule has 2 rings (SSSR count). The van der Waals surface area contributed by atoms with E-state index in [1.807, 2.05) is 26.0 Å². The van der Waals surface area contributed by atoms with Crippen LogP contribution in [0.4, 0.5) is 0 Å². The molecule has 0 spiro atoms. The number of rotatable bonds is 3. The SMILES string of the molecule is Cc1ccc(-c2ncc(C(C)CO)s2)o1. The molecule has 4 heteroatoms. The molecule has 3 nitrogen and oxygen atoms in total. The van der Waals surface area contributed by atoms with Crippen molar-refractivity contribution in [3.8, 4) is 10.8 Å². The fourth-order valence-electron chi connectivity index (χ4n) is 1.27. The maximum absolute atomic E-state index is 9.03. The van der Waals surface area contributed by atoms with Gasteiger partial charge in [-0.05, 0) is 19.1 Å². The highest BCUT2D eigenvalue weighted by atomic mass is 32.1. The average Bonchev–Trinajstić information content (AvgIpc) is 2.84. The molecule has 0 aromatic carbocycles. The molecule has 2 aromatic rings. The van der Waals surface area contributed by atoms with E-state index in [2.05, 4.69) is 4.98 Å². The molecular formula is C11H13NO2S. The molecule has 0 bridgehead atoms. The molecule has 1 unspecified atom stereocenters. The molecule has 80 valence electrons. The minimum atomic E-state index is 0.146. The number of furan rings is 1. The molecular weight excluding hydrogens is 210 g/mol. The number of aryl methyl sites for hydroxylation is 1. The Kier molecular flexibility index (Phi) is 2.88. The van der Waals surface area contributed by atoms with Crippen LogP contribution in [0.2, 0.25) is 0 Å². The van der Waals surface area contributed by atoms with E-state index in [9.17, 15) is 0 Å². The molecule has 0 aliphatic carbocycles. The van der Waals surface area contributed by atoms with Gasteiger partial charge in [0.05, 0.1) is 6.61 Å². The number of nitrogens with zero attached hydrogens (tertiary/aromatic N) is 1. The van der Waals surface area contributed by atoms with Crippen molar-refractivity contribution in [3.05, 3.63) is 29.0 Å². The molecule has 0 aliphatic rings. The zero-order chi connectivity index (χ0) is 10.8. The zero-order valence-electron chi connectivity index (χ0n) is 8.73. The maximum Gasteiger partial charge on any atom is 0.162 e. The molecule has 0 saturated heterocycles. The molecule has 15 heavy (non-hydrogen) atoms. The molecule has 0 fully saturated rings. The van der Waals surface area contributed by atoms with E-state index < -0.39 is 0 Å². The van der Waals surface area contributed by atoms with Crippen LogP contribution in [0.3, 0.4) is 0 Å². The number of aliphatic hydroxyl groups excluding tert-OH is 1. The lowest BCUT2D eigenvalue weighted by Crippen LogP contribution is -1.94. The largest absolute Gasteiger partial charge is 0.459 e. The van der Waals surface area contributed by atoms with Gasteiger partial charge >= 0.3 is 0 Å². The predicted molar refractivity (Wildman–Crippen MR) is 60.1 cm³/mol. The first kappa shape index (κ1) is 10.4. The van der Waals surface area contributed by atoms with Crippen molar-refractivity contribution in [2.24, 2.45) is 0 Å². The Morgan fingerprint density at radius 2 is 2.33 bits per heavy atom. The Morgan fingerprint density at radius 3 is 2.93 bits per heavy atom. The maximum atomic E-state index is 9.03. The van der Waals surface area contributed by atoms with Crippen LogP contribution < -0.4 is 0 Å². The summed E-state index contributed by atoms with van der Waals surface area (Å²) in [5.41, 5.74) is 0. The van der Waals surface area contributed by atoms with E-state index in [0.717, 1.165) is 21.4 Å². The number of aliphatic hydroxyl groups is 1. The Morgan fingerprint density at radius 1 is 1.53 bits per heavy atom. The Labute approximate surface area is 92.4 Å². The lowest BCUT2D eigenvalue weighted by Gasteiger charge is -2.00. The number of hydrogen-bond acceptors (Lipinski definition) is 4. The first-order valence-corrected chi connectivity index (χ1v) is 5.65. The van der Waals surface area contributed by atoms with Gasteiger partial charge < -0.3 is 9.52 Å². The molecule has 1 N–H and O–H groups in total. The van der Waals surface area contributed by atoms with Gasteiger partial charge in [-0.1, -0.05) is 6.92 Å². The van der Waals surface area contributed by atoms with Crippen LogP contribution in [0.15, 0.2) is 22.7 Å². The minimum Gasteiger partial charge on any atom is -0.459 e. The molecule has 2 aromatic heterocycles. The summed E-state index contributed by atoms with van der Waals surface area (Å²) in [6, 6.07) is 3.84. The van der Waals surface area contributed by atoms with Crippen LogP contribution in [0, 0.1) is 6.92 Å².